The summed E-state index contributed by atoms with van der Waals surface area (Å²) in [5.41, 5.74) is 1.31. The summed E-state index contributed by atoms with van der Waals surface area (Å²) in [5.74, 6) is 0.124. The fraction of sp³-hybridized carbons (Fsp3) is 0.500. The van der Waals surface area contributed by atoms with Crippen LogP contribution in [0.5, 0.6) is 5.75 Å². The SMILES string of the molecule is C=C(CCCC)C(=O)CC[C@@H](OC(C)=O)c1ccccc1OCCO. The highest BCUT2D eigenvalue weighted by Gasteiger charge is 2.21. The quantitative estimate of drug-likeness (QED) is 0.460. The molecule has 0 aliphatic carbocycles. The van der Waals surface area contributed by atoms with Crippen LogP contribution in [0.1, 0.15) is 57.6 Å². The standard InChI is InChI=1S/C20H28O5/c1-4-5-8-15(2)18(23)11-12-20(25-16(3)22)17-9-6-7-10-19(17)24-14-13-21/h6-7,9-10,20-21H,2,4-5,8,11-14H2,1,3H3/t20-/m1/s1. The van der Waals surface area contributed by atoms with Gasteiger partial charge in [-0.3, -0.25) is 9.59 Å². The van der Waals surface area contributed by atoms with Crippen molar-refractivity contribution in [2.45, 2.75) is 52.1 Å². The molecule has 0 bridgehead atoms. The van der Waals surface area contributed by atoms with Crippen LogP contribution in [0.15, 0.2) is 36.4 Å². The first kappa shape index (κ1) is 20.9. The van der Waals surface area contributed by atoms with Gasteiger partial charge in [0, 0.05) is 18.9 Å². The van der Waals surface area contributed by atoms with E-state index in [4.69, 9.17) is 14.6 Å². The molecule has 0 aliphatic heterocycles. The van der Waals surface area contributed by atoms with Crippen LogP contribution in [0.3, 0.4) is 0 Å². The molecule has 1 N–H and O–H groups in total. The largest absolute Gasteiger partial charge is 0.491 e. The number of esters is 1. The van der Waals surface area contributed by atoms with Gasteiger partial charge in [-0.05, 0) is 30.9 Å². The van der Waals surface area contributed by atoms with Gasteiger partial charge in [0.05, 0.1) is 6.61 Å². The van der Waals surface area contributed by atoms with E-state index in [0.29, 0.717) is 29.7 Å². The van der Waals surface area contributed by atoms with Crippen LogP contribution >= 0.6 is 0 Å². The Labute approximate surface area is 149 Å². The number of benzene rings is 1. The van der Waals surface area contributed by atoms with Crippen LogP contribution in [0.4, 0.5) is 0 Å². The number of aliphatic hydroxyl groups excluding tert-OH is 1. The molecule has 0 heterocycles. The normalized spacial score (nSPS) is 11.6. The van der Waals surface area contributed by atoms with Gasteiger partial charge in [0.1, 0.15) is 18.5 Å². The molecule has 0 unspecified atom stereocenters. The number of para-hydroxylation sites is 1. The maximum absolute atomic E-state index is 12.2. The first-order valence-corrected chi connectivity index (χ1v) is 8.70. The number of carbonyl (C=O) groups is 2. The Kier molecular flexibility index (Phi) is 9.55. The highest BCUT2D eigenvalue weighted by molar-refractivity contribution is 5.94. The summed E-state index contributed by atoms with van der Waals surface area (Å²) >= 11 is 0. The number of unbranched alkanes of at least 4 members (excludes halogenated alkanes) is 1. The molecule has 0 radical (unpaired) electrons. The first-order valence-electron chi connectivity index (χ1n) is 8.70. The topological polar surface area (TPSA) is 72.8 Å². The molecule has 5 heteroatoms. The highest BCUT2D eigenvalue weighted by Crippen LogP contribution is 2.31. The lowest BCUT2D eigenvalue weighted by Crippen LogP contribution is -2.13. The Morgan fingerprint density at radius 3 is 2.60 bits per heavy atom. The van der Waals surface area contributed by atoms with Gasteiger partial charge in [-0.1, -0.05) is 38.1 Å². The fourth-order valence-electron chi connectivity index (χ4n) is 2.48. The van der Waals surface area contributed by atoms with Crippen molar-refractivity contribution in [2.75, 3.05) is 13.2 Å². The predicted molar refractivity (Wildman–Crippen MR) is 96.4 cm³/mol. The zero-order valence-electron chi connectivity index (χ0n) is 15.1. The number of Topliss-reactive ketones (excluding diaryl/α,β-unsaturated/α-hetero) is 1. The smallest absolute Gasteiger partial charge is 0.303 e. The monoisotopic (exact) mass is 348 g/mol. The van der Waals surface area contributed by atoms with E-state index in [1.54, 1.807) is 18.2 Å². The Bertz CT molecular complexity index is 579. The Hall–Kier alpha value is -2.14. The number of carbonyl (C=O) groups excluding carboxylic acids is 2. The van der Waals surface area contributed by atoms with Crippen LogP contribution in [-0.2, 0) is 14.3 Å². The predicted octanol–water partition coefficient (Wildman–Crippen LogP) is 3.76. The van der Waals surface area contributed by atoms with Gasteiger partial charge in [0.25, 0.3) is 0 Å². The second-order valence-corrected chi connectivity index (χ2v) is 5.88. The molecule has 0 aromatic heterocycles. The van der Waals surface area contributed by atoms with Crippen LogP contribution in [0.25, 0.3) is 0 Å². The summed E-state index contributed by atoms with van der Waals surface area (Å²) in [4.78, 5) is 23.7. The van der Waals surface area contributed by atoms with E-state index < -0.39 is 12.1 Å². The highest BCUT2D eigenvalue weighted by atomic mass is 16.5. The fourth-order valence-corrected chi connectivity index (χ4v) is 2.48. The molecule has 25 heavy (non-hydrogen) atoms. The van der Waals surface area contributed by atoms with Crippen LogP contribution < -0.4 is 4.74 Å². The molecule has 0 saturated heterocycles. The van der Waals surface area contributed by atoms with E-state index in [1.807, 2.05) is 6.07 Å². The van der Waals surface area contributed by atoms with Crippen molar-refractivity contribution in [1.29, 1.82) is 0 Å². The summed E-state index contributed by atoms with van der Waals surface area (Å²) in [6.07, 6.45) is 2.70. The number of rotatable bonds is 12. The molecule has 1 atom stereocenters. The average molecular weight is 348 g/mol. The van der Waals surface area contributed by atoms with E-state index in [0.717, 1.165) is 12.8 Å². The summed E-state index contributed by atoms with van der Waals surface area (Å²) < 4.78 is 10.9. The molecule has 1 rings (SSSR count). The molecule has 5 nitrogen and oxygen atoms in total. The van der Waals surface area contributed by atoms with Gasteiger partial charge in [-0.2, -0.15) is 0 Å². The zero-order chi connectivity index (χ0) is 18.7. The third-order valence-corrected chi connectivity index (χ3v) is 3.78. The number of hydrogen-bond acceptors (Lipinski definition) is 5. The number of ketones is 1. The molecule has 1 aromatic carbocycles. The van der Waals surface area contributed by atoms with Crippen molar-refractivity contribution in [3.8, 4) is 5.75 Å². The van der Waals surface area contributed by atoms with Gasteiger partial charge in [-0.25, -0.2) is 0 Å². The van der Waals surface area contributed by atoms with Crippen molar-refractivity contribution in [2.24, 2.45) is 0 Å². The molecular formula is C20H28O5. The molecule has 0 aliphatic rings. The van der Waals surface area contributed by atoms with Gasteiger partial charge in [0.15, 0.2) is 5.78 Å². The Morgan fingerprint density at radius 2 is 1.96 bits per heavy atom. The number of ether oxygens (including phenoxy) is 2. The molecule has 0 spiro atoms. The summed E-state index contributed by atoms with van der Waals surface area (Å²) in [6.45, 7) is 7.30. The summed E-state index contributed by atoms with van der Waals surface area (Å²) in [7, 11) is 0. The Morgan fingerprint density at radius 1 is 1.24 bits per heavy atom. The van der Waals surface area contributed by atoms with Gasteiger partial charge in [0.2, 0.25) is 0 Å². The van der Waals surface area contributed by atoms with E-state index in [2.05, 4.69) is 13.5 Å². The molecule has 0 amide bonds. The van der Waals surface area contributed by atoms with E-state index in [9.17, 15) is 9.59 Å². The number of allylic oxidation sites excluding steroid dienone is 1. The van der Waals surface area contributed by atoms with Crippen molar-refractivity contribution in [3.05, 3.63) is 42.0 Å². The third kappa shape index (κ3) is 7.52. The number of aliphatic hydroxyl groups is 1. The van der Waals surface area contributed by atoms with E-state index in [-0.39, 0.29) is 25.4 Å². The maximum Gasteiger partial charge on any atom is 0.303 e. The van der Waals surface area contributed by atoms with Crippen molar-refractivity contribution >= 4 is 11.8 Å². The Balaban J connectivity index is 2.83. The van der Waals surface area contributed by atoms with Crippen molar-refractivity contribution < 1.29 is 24.2 Å². The van der Waals surface area contributed by atoms with Crippen LogP contribution in [0.2, 0.25) is 0 Å². The third-order valence-electron chi connectivity index (χ3n) is 3.78. The average Bonchev–Trinajstić information content (AvgIpc) is 2.61. The molecule has 0 saturated carbocycles. The lowest BCUT2D eigenvalue weighted by Gasteiger charge is -2.20. The second kappa shape index (κ2) is 11.4. The number of hydrogen-bond donors (Lipinski definition) is 1. The van der Waals surface area contributed by atoms with Crippen molar-refractivity contribution in [3.63, 3.8) is 0 Å². The van der Waals surface area contributed by atoms with Gasteiger partial charge in [-0.15, -0.1) is 0 Å². The van der Waals surface area contributed by atoms with Crippen LogP contribution in [-0.4, -0.2) is 30.1 Å². The lowest BCUT2D eigenvalue weighted by atomic mass is 9.98. The van der Waals surface area contributed by atoms with E-state index >= 15 is 0 Å². The lowest BCUT2D eigenvalue weighted by molar-refractivity contribution is -0.147. The maximum atomic E-state index is 12.2. The zero-order valence-corrected chi connectivity index (χ0v) is 15.1. The summed E-state index contributed by atoms with van der Waals surface area (Å²) in [5, 5.41) is 8.95. The molecule has 0 fully saturated rings. The van der Waals surface area contributed by atoms with E-state index in [1.165, 1.54) is 6.92 Å². The van der Waals surface area contributed by atoms with Crippen molar-refractivity contribution in [1.82, 2.24) is 0 Å². The van der Waals surface area contributed by atoms with Crippen LogP contribution in [0, 0.1) is 0 Å². The molecule has 138 valence electrons. The first-order chi connectivity index (χ1) is 12.0. The van der Waals surface area contributed by atoms with Gasteiger partial charge < -0.3 is 14.6 Å². The molecule has 1 aromatic rings. The second-order valence-electron chi connectivity index (χ2n) is 5.88. The van der Waals surface area contributed by atoms with Gasteiger partial charge >= 0.3 is 5.97 Å². The minimum atomic E-state index is -0.574. The minimum Gasteiger partial charge on any atom is -0.491 e. The summed E-state index contributed by atoms with van der Waals surface area (Å²) in [6, 6.07) is 7.18. The minimum absolute atomic E-state index is 0.000593. The molecular weight excluding hydrogens is 320 g/mol.